The molecule has 1 aromatic carbocycles. The Kier molecular flexibility index (Phi) is 1.18. The molecule has 0 saturated heterocycles. The lowest BCUT2D eigenvalue weighted by Gasteiger charge is -1.97. The molecule has 0 aromatic heterocycles. The van der Waals surface area contributed by atoms with Gasteiger partial charge in [-0.05, 0) is 23.8 Å². The molecule has 2 heteroatoms. The van der Waals surface area contributed by atoms with Crippen LogP contribution in [0.25, 0.3) is 6.08 Å². The highest BCUT2D eigenvalue weighted by molar-refractivity contribution is 6.33. The summed E-state index contributed by atoms with van der Waals surface area (Å²) in [5, 5.41) is 3.70. The number of anilines is 1. The Labute approximate surface area is 64.3 Å². The fourth-order valence-electron chi connectivity index (χ4n) is 0.983. The molecule has 0 amide bonds. The monoisotopic (exact) mass is 151 g/mol. The van der Waals surface area contributed by atoms with E-state index in [0.29, 0.717) is 5.16 Å². The number of hydrogen-bond donors (Lipinski definition) is 1. The lowest BCUT2D eigenvalue weighted by molar-refractivity contribution is 1.61. The van der Waals surface area contributed by atoms with Crippen molar-refractivity contribution in [1.29, 1.82) is 0 Å². The lowest BCUT2D eigenvalue weighted by Crippen LogP contribution is -1.87. The predicted octanol–water partition coefficient (Wildman–Crippen LogP) is 2.65. The Morgan fingerprint density at radius 1 is 1.10 bits per heavy atom. The van der Waals surface area contributed by atoms with E-state index >= 15 is 0 Å². The fourth-order valence-corrected chi connectivity index (χ4v) is 1.22. The quantitative estimate of drug-likeness (QED) is 0.562. The molecule has 0 radical (unpaired) electrons. The van der Waals surface area contributed by atoms with Crippen LogP contribution in [0.2, 0.25) is 0 Å². The van der Waals surface area contributed by atoms with E-state index in [1.54, 1.807) is 0 Å². The second-order valence-corrected chi connectivity index (χ2v) is 2.65. The van der Waals surface area contributed by atoms with E-state index in [2.05, 4.69) is 5.32 Å². The van der Waals surface area contributed by atoms with Crippen LogP contribution in [0.4, 0.5) is 5.69 Å². The topological polar surface area (TPSA) is 12.0 Å². The second kappa shape index (κ2) is 2.03. The van der Waals surface area contributed by atoms with Gasteiger partial charge in [-0.25, -0.2) is 0 Å². The van der Waals surface area contributed by atoms with Crippen LogP contribution in [0.1, 0.15) is 5.56 Å². The van der Waals surface area contributed by atoms with Gasteiger partial charge in [-0.3, -0.25) is 0 Å². The number of halogens is 1. The van der Waals surface area contributed by atoms with Crippen molar-refractivity contribution in [3.63, 3.8) is 0 Å². The first kappa shape index (κ1) is 5.81. The maximum Gasteiger partial charge on any atom is 0.107 e. The van der Waals surface area contributed by atoms with Crippen molar-refractivity contribution in [3.8, 4) is 0 Å². The molecule has 50 valence electrons. The van der Waals surface area contributed by atoms with Gasteiger partial charge in [0.2, 0.25) is 0 Å². The zero-order valence-electron chi connectivity index (χ0n) is 5.26. The molecular formula is C8H6ClN. The van der Waals surface area contributed by atoms with Gasteiger partial charge in [0.25, 0.3) is 0 Å². The van der Waals surface area contributed by atoms with Crippen LogP contribution in [0.15, 0.2) is 29.4 Å². The van der Waals surface area contributed by atoms with E-state index in [-0.39, 0.29) is 0 Å². The maximum atomic E-state index is 5.78. The minimum Gasteiger partial charge on any atom is -0.346 e. The van der Waals surface area contributed by atoms with Gasteiger partial charge in [0.05, 0.1) is 0 Å². The summed E-state index contributed by atoms with van der Waals surface area (Å²) in [4.78, 5) is 0. The highest BCUT2D eigenvalue weighted by Crippen LogP contribution is 2.20. The highest BCUT2D eigenvalue weighted by atomic mass is 35.5. The smallest absolute Gasteiger partial charge is 0.107 e. The summed E-state index contributed by atoms with van der Waals surface area (Å²) in [7, 11) is 0. The third-order valence-electron chi connectivity index (χ3n) is 1.47. The molecule has 1 N–H and O–H groups in total. The van der Waals surface area contributed by atoms with Crippen molar-refractivity contribution in [2.45, 2.75) is 0 Å². The Hall–Kier alpha value is -0.950. The molecule has 3 rings (SSSR count). The van der Waals surface area contributed by atoms with Crippen molar-refractivity contribution in [2.24, 2.45) is 0 Å². The summed E-state index contributed by atoms with van der Waals surface area (Å²) in [5.41, 5.74) is 2.18. The van der Waals surface area contributed by atoms with Crippen LogP contribution in [0.5, 0.6) is 0 Å². The molecule has 0 spiro atoms. The van der Waals surface area contributed by atoms with E-state index in [9.17, 15) is 0 Å². The van der Waals surface area contributed by atoms with E-state index in [4.69, 9.17) is 11.6 Å². The van der Waals surface area contributed by atoms with Crippen LogP contribution < -0.4 is 5.32 Å². The molecule has 0 saturated carbocycles. The standard InChI is InChI=1S/C8H6ClN/c9-8-5-6-1-3-7(10-8)4-2-6/h1-5,10H. The van der Waals surface area contributed by atoms with Crippen LogP contribution in [-0.2, 0) is 0 Å². The third-order valence-corrected chi connectivity index (χ3v) is 1.67. The molecule has 0 aliphatic carbocycles. The predicted molar refractivity (Wildman–Crippen MR) is 43.9 cm³/mol. The highest BCUT2D eigenvalue weighted by Gasteiger charge is 2.00. The van der Waals surface area contributed by atoms with E-state index < -0.39 is 0 Å². The molecule has 0 atom stereocenters. The van der Waals surface area contributed by atoms with Crippen molar-refractivity contribution >= 4 is 23.4 Å². The molecule has 10 heavy (non-hydrogen) atoms. The van der Waals surface area contributed by atoms with Crippen LogP contribution in [-0.4, -0.2) is 0 Å². The van der Waals surface area contributed by atoms with Gasteiger partial charge in [0.1, 0.15) is 5.16 Å². The van der Waals surface area contributed by atoms with Crippen molar-refractivity contribution in [2.75, 3.05) is 5.32 Å². The summed E-state index contributed by atoms with van der Waals surface area (Å²) in [6.45, 7) is 0. The molecule has 1 aromatic rings. The first-order valence-corrected chi connectivity index (χ1v) is 3.47. The summed E-state index contributed by atoms with van der Waals surface area (Å²) >= 11 is 5.78. The normalized spacial score (nSPS) is 13.9. The SMILES string of the molecule is ClC1=Cc2ccc(cc2)N1. The minimum absolute atomic E-state index is 0.681. The maximum absolute atomic E-state index is 5.78. The Bertz CT molecular complexity index is 274. The van der Waals surface area contributed by atoms with Crippen LogP contribution in [0, 0.1) is 0 Å². The second-order valence-electron chi connectivity index (χ2n) is 2.24. The Morgan fingerprint density at radius 2 is 1.80 bits per heavy atom. The van der Waals surface area contributed by atoms with Gasteiger partial charge < -0.3 is 5.32 Å². The molecule has 2 bridgehead atoms. The molecule has 2 heterocycles. The number of fused-ring (bicyclic) bond motifs is 3. The molecule has 0 fully saturated rings. The summed E-state index contributed by atoms with van der Waals surface area (Å²) in [5.74, 6) is 0. The lowest BCUT2D eigenvalue weighted by atomic mass is 10.2. The van der Waals surface area contributed by atoms with E-state index in [1.807, 2.05) is 30.3 Å². The van der Waals surface area contributed by atoms with Crippen molar-refractivity contribution < 1.29 is 0 Å². The van der Waals surface area contributed by atoms with Crippen molar-refractivity contribution in [1.82, 2.24) is 0 Å². The van der Waals surface area contributed by atoms with Gasteiger partial charge in [-0.1, -0.05) is 23.7 Å². The summed E-state index contributed by atoms with van der Waals surface area (Å²) in [6.07, 6.45) is 1.90. The Balaban J connectivity index is 2.61. The third kappa shape index (κ3) is 0.888. The zero-order chi connectivity index (χ0) is 6.97. The number of hydrogen-bond acceptors (Lipinski definition) is 1. The van der Waals surface area contributed by atoms with Crippen LogP contribution >= 0.6 is 11.6 Å². The van der Waals surface area contributed by atoms with E-state index in [1.165, 1.54) is 0 Å². The fraction of sp³-hybridized carbons (Fsp3) is 0. The summed E-state index contributed by atoms with van der Waals surface area (Å²) < 4.78 is 0. The number of rotatable bonds is 0. The van der Waals surface area contributed by atoms with Gasteiger partial charge in [-0.2, -0.15) is 0 Å². The molecule has 0 unspecified atom stereocenters. The van der Waals surface area contributed by atoms with Gasteiger partial charge >= 0.3 is 0 Å². The molecular weight excluding hydrogens is 146 g/mol. The average molecular weight is 152 g/mol. The summed E-state index contributed by atoms with van der Waals surface area (Å²) in [6, 6.07) is 8.05. The Morgan fingerprint density at radius 3 is 2.50 bits per heavy atom. The van der Waals surface area contributed by atoms with Gasteiger partial charge in [0.15, 0.2) is 0 Å². The van der Waals surface area contributed by atoms with Crippen LogP contribution in [0.3, 0.4) is 0 Å². The number of nitrogens with one attached hydrogen (secondary N) is 1. The average Bonchev–Trinajstić information content (AvgIpc) is 2.17. The van der Waals surface area contributed by atoms with Crippen molar-refractivity contribution in [3.05, 3.63) is 35.0 Å². The zero-order valence-corrected chi connectivity index (χ0v) is 6.02. The van der Waals surface area contributed by atoms with Gasteiger partial charge in [-0.15, -0.1) is 0 Å². The first-order chi connectivity index (χ1) is 4.84. The van der Waals surface area contributed by atoms with E-state index in [0.717, 1.165) is 11.3 Å². The number of benzene rings is 1. The minimum atomic E-state index is 0.681. The molecule has 1 nitrogen and oxygen atoms in total. The molecule has 2 aliphatic rings. The largest absolute Gasteiger partial charge is 0.346 e. The van der Waals surface area contributed by atoms with Gasteiger partial charge in [0, 0.05) is 5.69 Å². The first-order valence-electron chi connectivity index (χ1n) is 3.09. The molecule has 2 aliphatic heterocycles.